The van der Waals surface area contributed by atoms with Gasteiger partial charge in [-0.05, 0) is 50.6 Å². The summed E-state index contributed by atoms with van der Waals surface area (Å²) in [4.78, 5) is 4.80. The molecule has 0 aliphatic carbocycles. The van der Waals surface area contributed by atoms with Gasteiger partial charge in [0.1, 0.15) is 0 Å². The number of hydrogen-bond donors (Lipinski definition) is 1. The van der Waals surface area contributed by atoms with E-state index in [4.69, 9.17) is 5.11 Å². The Bertz CT molecular complexity index is 385. The molecule has 1 fully saturated rings. The summed E-state index contributed by atoms with van der Waals surface area (Å²) in [5.41, 5.74) is 3.97. The third-order valence-electron chi connectivity index (χ3n) is 3.81. The van der Waals surface area contributed by atoms with Gasteiger partial charge in [-0.25, -0.2) is 0 Å². The molecule has 0 amide bonds. The van der Waals surface area contributed by atoms with E-state index in [0.717, 1.165) is 26.1 Å². The fourth-order valence-electron chi connectivity index (χ4n) is 2.77. The van der Waals surface area contributed by atoms with Gasteiger partial charge in [-0.1, -0.05) is 6.07 Å². The number of rotatable bonds is 3. The molecule has 0 aromatic heterocycles. The van der Waals surface area contributed by atoms with Gasteiger partial charge in [0, 0.05) is 38.0 Å². The van der Waals surface area contributed by atoms with Crippen molar-refractivity contribution in [3.63, 3.8) is 0 Å². The molecule has 1 unspecified atom stereocenters. The third-order valence-corrected chi connectivity index (χ3v) is 3.81. The van der Waals surface area contributed by atoms with Gasteiger partial charge in [0.05, 0.1) is 0 Å². The van der Waals surface area contributed by atoms with Crippen molar-refractivity contribution in [3.05, 3.63) is 29.3 Å². The van der Waals surface area contributed by atoms with E-state index in [1.54, 1.807) is 0 Å². The Labute approximate surface area is 110 Å². The predicted octanol–water partition coefficient (Wildman–Crippen LogP) is 1.81. The number of hydrogen-bond acceptors (Lipinski definition) is 3. The largest absolute Gasteiger partial charge is 0.396 e. The fraction of sp³-hybridized carbons (Fsp3) is 0.600. The first kappa shape index (κ1) is 13.4. The molecule has 0 spiro atoms. The molecule has 0 saturated carbocycles. The zero-order valence-corrected chi connectivity index (χ0v) is 11.7. The molecule has 1 heterocycles. The predicted molar refractivity (Wildman–Crippen MR) is 76.2 cm³/mol. The molecule has 18 heavy (non-hydrogen) atoms. The minimum atomic E-state index is 0.274. The van der Waals surface area contributed by atoms with Crippen molar-refractivity contribution in [2.75, 3.05) is 38.2 Å². The molecule has 1 N–H and O–H groups in total. The summed E-state index contributed by atoms with van der Waals surface area (Å²) in [6, 6.07) is 7.19. The van der Waals surface area contributed by atoms with Crippen LogP contribution in [-0.4, -0.2) is 49.3 Å². The van der Waals surface area contributed by atoms with Crippen LogP contribution in [0.25, 0.3) is 0 Å². The summed E-state index contributed by atoms with van der Waals surface area (Å²) in [6.45, 7) is 7.73. The van der Waals surface area contributed by atoms with Crippen molar-refractivity contribution in [2.24, 2.45) is 0 Å². The van der Waals surface area contributed by atoms with Crippen molar-refractivity contribution in [2.45, 2.75) is 26.3 Å². The van der Waals surface area contributed by atoms with Crippen LogP contribution in [0.5, 0.6) is 0 Å². The Morgan fingerprint density at radius 3 is 2.44 bits per heavy atom. The highest BCUT2D eigenvalue weighted by Crippen LogP contribution is 2.22. The average molecular weight is 248 g/mol. The van der Waals surface area contributed by atoms with Crippen LogP contribution in [0, 0.1) is 13.8 Å². The molecular weight excluding hydrogens is 224 g/mol. The summed E-state index contributed by atoms with van der Waals surface area (Å²) >= 11 is 0. The molecule has 2 rings (SSSR count). The van der Waals surface area contributed by atoms with E-state index in [9.17, 15) is 0 Å². The van der Waals surface area contributed by atoms with E-state index in [0.29, 0.717) is 6.04 Å². The van der Waals surface area contributed by atoms with E-state index in [2.05, 4.69) is 48.9 Å². The van der Waals surface area contributed by atoms with Gasteiger partial charge in [-0.3, -0.25) is 4.90 Å². The smallest absolute Gasteiger partial charge is 0.0446 e. The summed E-state index contributed by atoms with van der Waals surface area (Å²) in [5, 5.41) is 9.14. The van der Waals surface area contributed by atoms with Crippen LogP contribution < -0.4 is 4.90 Å². The number of benzene rings is 1. The first-order chi connectivity index (χ1) is 8.60. The van der Waals surface area contributed by atoms with E-state index < -0.39 is 0 Å². The van der Waals surface area contributed by atoms with Gasteiger partial charge in [0.2, 0.25) is 0 Å². The SMILES string of the molecule is Cc1cc(C)cc(N2CCN(C)C(CCO)C2)c1. The summed E-state index contributed by atoms with van der Waals surface area (Å²) in [6.07, 6.45) is 0.859. The molecule has 1 aromatic carbocycles. The molecule has 3 heteroatoms. The minimum absolute atomic E-state index is 0.274. The lowest BCUT2D eigenvalue weighted by atomic mass is 10.1. The number of anilines is 1. The number of aryl methyl sites for hydroxylation is 2. The Morgan fingerprint density at radius 1 is 1.17 bits per heavy atom. The fourth-order valence-corrected chi connectivity index (χ4v) is 2.77. The number of aliphatic hydroxyl groups excluding tert-OH is 1. The van der Waals surface area contributed by atoms with Crippen LogP contribution in [0.1, 0.15) is 17.5 Å². The maximum absolute atomic E-state index is 9.14. The Hall–Kier alpha value is -1.06. The van der Waals surface area contributed by atoms with E-state index in [1.165, 1.54) is 16.8 Å². The zero-order valence-electron chi connectivity index (χ0n) is 11.7. The normalized spacial score (nSPS) is 21.3. The second-order valence-electron chi connectivity index (χ2n) is 5.44. The quantitative estimate of drug-likeness (QED) is 0.883. The number of likely N-dealkylation sites (N-methyl/N-ethyl adjacent to an activating group) is 1. The maximum atomic E-state index is 9.14. The summed E-state index contributed by atoms with van der Waals surface area (Å²) in [5.74, 6) is 0. The molecule has 100 valence electrons. The van der Waals surface area contributed by atoms with Crippen LogP contribution in [0.15, 0.2) is 18.2 Å². The minimum Gasteiger partial charge on any atom is -0.396 e. The first-order valence-electron chi connectivity index (χ1n) is 6.74. The first-order valence-corrected chi connectivity index (χ1v) is 6.74. The zero-order chi connectivity index (χ0) is 13.1. The van der Waals surface area contributed by atoms with Crippen molar-refractivity contribution in [3.8, 4) is 0 Å². The third kappa shape index (κ3) is 3.03. The molecule has 1 saturated heterocycles. The van der Waals surface area contributed by atoms with Crippen LogP contribution >= 0.6 is 0 Å². The molecule has 1 aliphatic heterocycles. The van der Waals surface area contributed by atoms with Crippen molar-refractivity contribution < 1.29 is 5.11 Å². The van der Waals surface area contributed by atoms with Crippen LogP contribution in [0.2, 0.25) is 0 Å². The lowest BCUT2D eigenvalue weighted by molar-refractivity contribution is 0.171. The number of nitrogens with zero attached hydrogens (tertiary/aromatic N) is 2. The topological polar surface area (TPSA) is 26.7 Å². The van der Waals surface area contributed by atoms with E-state index in [-0.39, 0.29) is 6.61 Å². The van der Waals surface area contributed by atoms with Gasteiger partial charge in [0.15, 0.2) is 0 Å². The molecular formula is C15H24N2O. The standard InChI is InChI=1S/C15H24N2O/c1-12-8-13(2)10-15(9-12)17-6-5-16(3)14(11-17)4-7-18/h8-10,14,18H,4-7,11H2,1-3H3. The van der Waals surface area contributed by atoms with Crippen LogP contribution in [0.3, 0.4) is 0 Å². The highest BCUT2D eigenvalue weighted by atomic mass is 16.3. The van der Waals surface area contributed by atoms with E-state index in [1.807, 2.05) is 0 Å². The Morgan fingerprint density at radius 2 is 1.83 bits per heavy atom. The maximum Gasteiger partial charge on any atom is 0.0446 e. The van der Waals surface area contributed by atoms with Gasteiger partial charge >= 0.3 is 0 Å². The van der Waals surface area contributed by atoms with Crippen molar-refractivity contribution in [1.29, 1.82) is 0 Å². The highest BCUT2D eigenvalue weighted by Gasteiger charge is 2.24. The lowest BCUT2D eigenvalue weighted by Crippen LogP contribution is -2.51. The summed E-state index contributed by atoms with van der Waals surface area (Å²) in [7, 11) is 2.15. The molecule has 0 bridgehead atoms. The molecule has 3 nitrogen and oxygen atoms in total. The van der Waals surface area contributed by atoms with Crippen molar-refractivity contribution in [1.82, 2.24) is 4.90 Å². The van der Waals surface area contributed by atoms with Gasteiger partial charge in [-0.2, -0.15) is 0 Å². The number of aliphatic hydroxyl groups is 1. The van der Waals surface area contributed by atoms with Gasteiger partial charge in [0.25, 0.3) is 0 Å². The van der Waals surface area contributed by atoms with Gasteiger partial charge < -0.3 is 10.0 Å². The lowest BCUT2D eigenvalue weighted by Gasteiger charge is -2.40. The van der Waals surface area contributed by atoms with Crippen LogP contribution in [0.4, 0.5) is 5.69 Å². The van der Waals surface area contributed by atoms with Crippen LogP contribution in [-0.2, 0) is 0 Å². The number of piperazine rings is 1. The Balaban J connectivity index is 2.13. The second-order valence-corrected chi connectivity index (χ2v) is 5.44. The molecule has 1 aromatic rings. The average Bonchev–Trinajstić information content (AvgIpc) is 2.31. The van der Waals surface area contributed by atoms with E-state index >= 15 is 0 Å². The monoisotopic (exact) mass is 248 g/mol. The summed E-state index contributed by atoms with van der Waals surface area (Å²) < 4.78 is 0. The molecule has 1 aliphatic rings. The van der Waals surface area contributed by atoms with Gasteiger partial charge in [-0.15, -0.1) is 0 Å². The second kappa shape index (κ2) is 5.72. The highest BCUT2D eigenvalue weighted by molar-refractivity contribution is 5.51. The molecule has 0 radical (unpaired) electrons. The Kier molecular flexibility index (Phi) is 4.25. The van der Waals surface area contributed by atoms with Crippen molar-refractivity contribution >= 4 is 5.69 Å². The molecule has 1 atom stereocenters.